The minimum absolute atomic E-state index is 1.21. The van der Waals surface area contributed by atoms with Crippen molar-refractivity contribution in [3.8, 4) is 0 Å². The van der Waals surface area contributed by atoms with Gasteiger partial charge in [0.05, 0.1) is 0 Å². The number of rotatable bonds is 20. The molecule has 0 spiro atoms. The second-order valence-electron chi connectivity index (χ2n) is 16.1. The van der Waals surface area contributed by atoms with Crippen molar-refractivity contribution in [1.82, 2.24) is 0 Å². The lowest BCUT2D eigenvalue weighted by Crippen LogP contribution is -1.90. The van der Waals surface area contributed by atoms with E-state index in [1.165, 1.54) is 128 Å². The summed E-state index contributed by atoms with van der Waals surface area (Å²) in [6, 6.07) is 10.7. The highest BCUT2D eigenvalue weighted by Crippen LogP contribution is 2.58. The summed E-state index contributed by atoms with van der Waals surface area (Å²) < 4.78 is 12.6. The molecule has 272 valence electrons. The molecule has 4 heteroatoms. The highest BCUT2D eigenvalue weighted by Gasteiger charge is 2.29. The summed E-state index contributed by atoms with van der Waals surface area (Å²) in [5.74, 6) is 0. The van der Waals surface area contributed by atoms with Gasteiger partial charge in [-0.1, -0.05) is 105 Å². The average Bonchev–Trinajstić information content (AvgIpc) is 3.91. The van der Waals surface area contributed by atoms with Crippen LogP contribution >= 0.6 is 45.3 Å². The second kappa shape index (κ2) is 15.1. The maximum atomic E-state index is 2.68. The van der Waals surface area contributed by atoms with Crippen molar-refractivity contribution in [2.75, 3.05) is 0 Å². The third-order valence-electron chi connectivity index (χ3n) is 12.3. The Balaban J connectivity index is 1.40. The van der Waals surface area contributed by atoms with Gasteiger partial charge in [-0.3, -0.25) is 0 Å². The Kier molecular flexibility index (Phi) is 10.3. The molecular weight excluding hydrogens is 705 g/mol. The smallest absolute Gasteiger partial charge is 0.0394 e. The van der Waals surface area contributed by atoms with Crippen molar-refractivity contribution in [3.05, 3.63) is 46.5 Å². The summed E-state index contributed by atoms with van der Waals surface area (Å²) in [4.78, 5) is 0. The monoisotopic (exact) mass is 760 g/mol. The molecule has 0 aliphatic carbocycles. The lowest BCUT2D eigenvalue weighted by Gasteiger charge is -2.12. The molecule has 0 nitrogen and oxygen atoms in total. The molecule has 4 heterocycles. The van der Waals surface area contributed by atoms with Crippen molar-refractivity contribution < 1.29 is 0 Å². The molecule has 0 saturated carbocycles. The first-order valence-corrected chi connectivity index (χ1v) is 24.5. The molecule has 9 rings (SSSR count). The van der Waals surface area contributed by atoms with Gasteiger partial charge in [0, 0.05) is 80.7 Å². The predicted molar refractivity (Wildman–Crippen MR) is 243 cm³/mol. The van der Waals surface area contributed by atoms with Gasteiger partial charge < -0.3 is 0 Å². The van der Waals surface area contributed by atoms with Crippen LogP contribution in [0.5, 0.6) is 0 Å². The van der Waals surface area contributed by atoms with Crippen LogP contribution in [0.4, 0.5) is 0 Å². The van der Waals surface area contributed by atoms with Crippen molar-refractivity contribution in [2.24, 2.45) is 0 Å². The molecular formula is C48H56S4. The molecule has 0 bridgehead atoms. The SMILES string of the molecule is CCCCCCc1cc2sc3c(CCCCCC)cc4sc5c(CCCCCC)cc6sc7c(CCCCCC)cc8sc1c1c2c3c4c5c6c7c81. The number of unbranched alkanes of at least 4 members (excludes halogenated alkanes) is 12. The highest BCUT2D eigenvalue weighted by atomic mass is 32.1. The van der Waals surface area contributed by atoms with E-state index >= 15 is 0 Å². The zero-order chi connectivity index (χ0) is 35.3. The van der Waals surface area contributed by atoms with Crippen molar-refractivity contribution in [2.45, 2.75) is 156 Å². The fraction of sp³-hybridized carbons (Fsp3) is 0.500. The number of thiophene rings is 4. The van der Waals surface area contributed by atoms with Gasteiger partial charge in [-0.05, 0) is 97.9 Å². The summed E-state index contributed by atoms with van der Waals surface area (Å²) >= 11 is 8.59. The third kappa shape index (κ3) is 5.84. The van der Waals surface area contributed by atoms with Crippen LogP contribution in [0.25, 0.3) is 80.7 Å². The molecule has 0 atom stereocenters. The second-order valence-corrected chi connectivity index (χ2v) is 20.3. The van der Waals surface area contributed by atoms with E-state index in [4.69, 9.17) is 0 Å². The molecule has 0 unspecified atom stereocenters. The van der Waals surface area contributed by atoms with Gasteiger partial charge >= 0.3 is 0 Å². The Morgan fingerprint density at radius 1 is 0.288 bits per heavy atom. The molecule has 0 fully saturated rings. The maximum absolute atomic E-state index is 2.68. The maximum Gasteiger partial charge on any atom is 0.0394 e. The van der Waals surface area contributed by atoms with Crippen LogP contribution in [0.3, 0.4) is 0 Å². The zero-order valence-corrected chi connectivity index (χ0v) is 35.4. The first-order chi connectivity index (χ1) is 25.7. The Labute approximate surface area is 326 Å². The van der Waals surface area contributed by atoms with Crippen LogP contribution in [0, 0.1) is 0 Å². The van der Waals surface area contributed by atoms with Crippen molar-refractivity contribution in [3.63, 3.8) is 0 Å². The number of aryl methyl sites for hydroxylation is 4. The van der Waals surface area contributed by atoms with E-state index in [2.05, 4.69) is 97.3 Å². The Hall–Kier alpha value is -2.24. The lowest BCUT2D eigenvalue weighted by molar-refractivity contribution is 0.668. The molecule has 0 N–H and O–H groups in total. The fourth-order valence-corrected chi connectivity index (χ4v) is 15.0. The van der Waals surface area contributed by atoms with Gasteiger partial charge in [0.25, 0.3) is 0 Å². The zero-order valence-electron chi connectivity index (χ0n) is 32.1. The number of benzene rings is 4. The summed E-state index contributed by atoms with van der Waals surface area (Å²) in [5, 5.41) is 12.9. The molecule has 5 aromatic carbocycles. The van der Waals surface area contributed by atoms with Crippen molar-refractivity contribution >= 4 is 126 Å². The van der Waals surface area contributed by atoms with Gasteiger partial charge in [0.1, 0.15) is 0 Å². The number of hydrogen-bond acceptors (Lipinski definition) is 4. The summed E-state index contributed by atoms with van der Waals surface area (Å²) in [7, 11) is 0. The van der Waals surface area contributed by atoms with Gasteiger partial charge in [-0.25, -0.2) is 0 Å². The van der Waals surface area contributed by atoms with Gasteiger partial charge in [0.15, 0.2) is 0 Å². The molecule has 52 heavy (non-hydrogen) atoms. The van der Waals surface area contributed by atoms with Gasteiger partial charge in [-0.15, -0.1) is 45.3 Å². The third-order valence-corrected chi connectivity index (χ3v) is 17.2. The first-order valence-electron chi connectivity index (χ1n) is 21.2. The molecule has 0 aliphatic heterocycles. The Bertz CT molecular complexity index is 2180. The van der Waals surface area contributed by atoms with E-state index in [1.807, 2.05) is 0 Å². The molecule has 4 aromatic heterocycles. The van der Waals surface area contributed by atoms with Crippen LogP contribution in [0.1, 0.15) is 153 Å². The van der Waals surface area contributed by atoms with Crippen LogP contribution in [-0.2, 0) is 25.7 Å². The van der Waals surface area contributed by atoms with E-state index in [1.54, 1.807) is 103 Å². The minimum atomic E-state index is 1.21. The average molecular weight is 761 g/mol. The molecule has 0 radical (unpaired) electrons. The van der Waals surface area contributed by atoms with E-state index in [9.17, 15) is 0 Å². The quantitative estimate of drug-likeness (QED) is 0.0679. The summed E-state index contributed by atoms with van der Waals surface area (Å²) in [5.41, 5.74) is 6.48. The van der Waals surface area contributed by atoms with Crippen molar-refractivity contribution in [1.29, 1.82) is 0 Å². The first kappa shape index (κ1) is 35.5. The van der Waals surface area contributed by atoms with Crippen LogP contribution < -0.4 is 0 Å². The van der Waals surface area contributed by atoms with E-state index in [0.29, 0.717) is 0 Å². The van der Waals surface area contributed by atoms with Gasteiger partial charge in [-0.2, -0.15) is 0 Å². The standard InChI is InChI=1S/C48H56S4/c1-5-9-13-17-21-29-25-33-37-41-38-34(49-45(29)41)26-30(22-18-14-10-6-2)47-43(38)40-36(51-47)28-32(24-20-16-12-8-4)48-44(40)39-35(52-48)27-31(23-19-15-11-7-3)46(50-33)42(37)39/h25-28H,5-24H2,1-4H3. The largest absolute Gasteiger partial charge is 0.135 e. The molecule has 0 saturated heterocycles. The summed E-state index contributed by atoms with van der Waals surface area (Å²) in [6.07, 6.45) is 26.0. The van der Waals surface area contributed by atoms with Crippen LogP contribution in [0.2, 0.25) is 0 Å². The molecule has 0 amide bonds. The van der Waals surface area contributed by atoms with Gasteiger partial charge in [0.2, 0.25) is 0 Å². The van der Waals surface area contributed by atoms with E-state index in [0.717, 1.165) is 0 Å². The van der Waals surface area contributed by atoms with E-state index in [-0.39, 0.29) is 0 Å². The van der Waals surface area contributed by atoms with Crippen LogP contribution in [0.15, 0.2) is 24.3 Å². The molecule has 0 aliphatic rings. The minimum Gasteiger partial charge on any atom is -0.135 e. The topological polar surface area (TPSA) is 0 Å². The lowest BCUT2D eigenvalue weighted by atomic mass is 9.89. The summed E-state index contributed by atoms with van der Waals surface area (Å²) in [6.45, 7) is 9.36. The normalized spacial score (nSPS) is 13.0. The molecule has 9 aromatic rings. The van der Waals surface area contributed by atoms with E-state index < -0.39 is 0 Å². The predicted octanol–water partition coefficient (Wildman–Crippen LogP) is 18.0. The fourth-order valence-electron chi connectivity index (χ4n) is 9.66. The number of hydrogen-bond donors (Lipinski definition) is 0. The Morgan fingerprint density at radius 2 is 0.519 bits per heavy atom. The Morgan fingerprint density at radius 3 is 0.731 bits per heavy atom. The highest BCUT2D eigenvalue weighted by molar-refractivity contribution is 7.31. The van der Waals surface area contributed by atoms with Crippen LogP contribution in [-0.4, -0.2) is 0 Å².